The number of halogens is 1. The van der Waals surface area contributed by atoms with E-state index in [1.54, 1.807) is 18.2 Å². The van der Waals surface area contributed by atoms with Crippen LogP contribution in [0.15, 0.2) is 28.7 Å². The average molecular weight is 292 g/mol. The van der Waals surface area contributed by atoms with Crippen LogP contribution in [0, 0.1) is 22.7 Å². The number of nitrogens with zero attached hydrogens (tertiary/aromatic N) is 3. The first-order valence-corrected chi connectivity index (χ1v) is 5.72. The van der Waals surface area contributed by atoms with Crippen molar-refractivity contribution in [1.82, 2.24) is 4.90 Å². The van der Waals surface area contributed by atoms with Crippen molar-refractivity contribution in [3.05, 3.63) is 34.3 Å². The molecule has 0 spiro atoms. The minimum atomic E-state index is -0.108. The number of nitriles is 2. The van der Waals surface area contributed by atoms with Gasteiger partial charge in [0.2, 0.25) is 0 Å². The summed E-state index contributed by atoms with van der Waals surface area (Å²) in [5.74, 6) is -0.108. The number of carbonyl (C=O) groups is 1. The van der Waals surface area contributed by atoms with Gasteiger partial charge in [0.25, 0.3) is 0 Å². The Bertz CT molecular complexity index is 471. The number of ketones is 1. The fourth-order valence-electron chi connectivity index (χ4n) is 1.34. The molecule has 0 unspecified atom stereocenters. The molecule has 0 heterocycles. The van der Waals surface area contributed by atoms with Crippen LogP contribution in [-0.4, -0.2) is 30.3 Å². The van der Waals surface area contributed by atoms with Crippen LogP contribution in [0.1, 0.15) is 10.4 Å². The van der Waals surface area contributed by atoms with Crippen LogP contribution in [0.5, 0.6) is 0 Å². The monoisotopic (exact) mass is 291 g/mol. The summed E-state index contributed by atoms with van der Waals surface area (Å²) in [6, 6.07) is 11.0. The van der Waals surface area contributed by atoms with Crippen LogP contribution in [0.2, 0.25) is 0 Å². The van der Waals surface area contributed by atoms with Gasteiger partial charge in [-0.05, 0) is 6.07 Å². The van der Waals surface area contributed by atoms with Gasteiger partial charge in [0.15, 0.2) is 5.78 Å². The van der Waals surface area contributed by atoms with Crippen molar-refractivity contribution in [2.45, 2.75) is 0 Å². The van der Waals surface area contributed by atoms with Crippen LogP contribution in [0.25, 0.3) is 0 Å². The second-order valence-corrected chi connectivity index (χ2v) is 4.22. The van der Waals surface area contributed by atoms with Gasteiger partial charge in [-0.1, -0.05) is 34.1 Å². The van der Waals surface area contributed by atoms with E-state index in [0.29, 0.717) is 5.56 Å². The van der Waals surface area contributed by atoms with Gasteiger partial charge in [-0.25, -0.2) is 0 Å². The molecule has 1 aromatic rings. The molecule has 1 aromatic carbocycles. The Labute approximate surface area is 108 Å². The number of Topliss-reactive ketones (excluding diaryl/α,β-unsaturated/α-hetero) is 1. The summed E-state index contributed by atoms with van der Waals surface area (Å²) in [6.45, 7) is 0.219. The van der Waals surface area contributed by atoms with Crippen molar-refractivity contribution in [3.8, 4) is 12.1 Å². The highest BCUT2D eigenvalue weighted by Crippen LogP contribution is 2.16. The number of hydrogen-bond donors (Lipinski definition) is 0. The molecule has 0 aliphatic heterocycles. The van der Waals surface area contributed by atoms with Crippen LogP contribution in [-0.2, 0) is 0 Å². The Balaban J connectivity index is 2.75. The molecule has 86 valence electrons. The van der Waals surface area contributed by atoms with Crippen LogP contribution >= 0.6 is 15.9 Å². The maximum atomic E-state index is 11.9. The first-order valence-electron chi connectivity index (χ1n) is 4.93. The maximum absolute atomic E-state index is 11.9. The highest BCUT2D eigenvalue weighted by molar-refractivity contribution is 9.10. The molecular weight excluding hydrogens is 282 g/mol. The van der Waals surface area contributed by atoms with Gasteiger partial charge in [-0.3, -0.25) is 9.69 Å². The van der Waals surface area contributed by atoms with E-state index < -0.39 is 0 Å². The van der Waals surface area contributed by atoms with Gasteiger partial charge in [-0.15, -0.1) is 0 Å². The molecule has 5 heteroatoms. The molecule has 0 amide bonds. The van der Waals surface area contributed by atoms with Crippen LogP contribution < -0.4 is 0 Å². The van der Waals surface area contributed by atoms with Gasteiger partial charge in [0.1, 0.15) is 0 Å². The first-order chi connectivity index (χ1) is 8.19. The molecule has 0 bridgehead atoms. The van der Waals surface area contributed by atoms with Crippen LogP contribution in [0.3, 0.4) is 0 Å². The van der Waals surface area contributed by atoms with Gasteiger partial charge < -0.3 is 0 Å². The number of hydrogen-bond acceptors (Lipinski definition) is 4. The lowest BCUT2D eigenvalue weighted by Gasteiger charge is -2.14. The zero-order chi connectivity index (χ0) is 12.7. The molecule has 0 saturated heterocycles. The zero-order valence-electron chi connectivity index (χ0n) is 9.06. The Morgan fingerprint density at radius 2 is 1.82 bits per heavy atom. The summed E-state index contributed by atoms with van der Waals surface area (Å²) in [6.07, 6.45) is 0. The highest BCUT2D eigenvalue weighted by atomic mass is 79.9. The second kappa shape index (κ2) is 6.80. The van der Waals surface area contributed by atoms with E-state index in [1.165, 1.54) is 4.90 Å². The SMILES string of the molecule is N#CCN(CC#N)CC(=O)c1ccccc1Br. The van der Waals surface area contributed by atoms with E-state index in [-0.39, 0.29) is 25.4 Å². The Kier molecular flexibility index (Phi) is 5.35. The minimum Gasteiger partial charge on any atom is -0.293 e. The van der Waals surface area contributed by atoms with Gasteiger partial charge in [0, 0.05) is 10.0 Å². The van der Waals surface area contributed by atoms with E-state index in [9.17, 15) is 4.79 Å². The largest absolute Gasteiger partial charge is 0.293 e. The van der Waals surface area contributed by atoms with Crippen molar-refractivity contribution >= 4 is 21.7 Å². The molecule has 0 aliphatic rings. The quantitative estimate of drug-likeness (QED) is 0.614. The molecule has 0 N–H and O–H groups in total. The third-order valence-corrected chi connectivity index (χ3v) is 2.82. The summed E-state index contributed by atoms with van der Waals surface area (Å²) in [7, 11) is 0. The lowest BCUT2D eigenvalue weighted by Crippen LogP contribution is -2.30. The van der Waals surface area contributed by atoms with E-state index in [2.05, 4.69) is 15.9 Å². The summed E-state index contributed by atoms with van der Waals surface area (Å²) in [4.78, 5) is 13.4. The van der Waals surface area contributed by atoms with E-state index in [1.807, 2.05) is 18.2 Å². The number of carbonyl (C=O) groups excluding carboxylic acids is 1. The van der Waals surface area contributed by atoms with Gasteiger partial charge in [0.05, 0.1) is 31.8 Å². The number of rotatable bonds is 5. The Morgan fingerprint density at radius 1 is 1.24 bits per heavy atom. The standard InChI is InChI=1S/C12H10BrN3O/c13-11-4-2-1-3-10(11)12(17)9-16(7-5-14)8-6-15/h1-4H,7-9H2. The predicted octanol–water partition coefficient (Wildman–Crippen LogP) is 1.98. The molecular formula is C12H10BrN3O. The molecule has 4 nitrogen and oxygen atoms in total. The molecule has 1 rings (SSSR count). The molecule has 0 aliphatic carbocycles. The molecule has 0 radical (unpaired) electrons. The van der Waals surface area contributed by atoms with E-state index in [0.717, 1.165) is 4.47 Å². The van der Waals surface area contributed by atoms with E-state index in [4.69, 9.17) is 10.5 Å². The Hall–Kier alpha value is -1.69. The van der Waals surface area contributed by atoms with Gasteiger partial charge >= 0.3 is 0 Å². The molecule has 0 saturated carbocycles. The lowest BCUT2D eigenvalue weighted by molar-refractivity contribution is 0.0945. The molecule has 0 fully saturated rings. The summed E-state index contributed by atoms with van der Waals surface area (Å²) in [5, 5.41) is 17.2. The molecule has 0 aromatic heterocycles. The lowest BCUT2D eigenvalue weighted by atomic mass is 10.1. The molecule has 17 heavy (non-hydrogen) atoms. The smallest absolute Gasteiger partial charge is 0.178 e. The average Bonchev–Trinajstić information content (AvgIpc) is 2.30. The Morgan fingerprint density at radius 3 is 2.35 bits per heavy atom. The van der Waals surface area contributed by atoms with E-state index >= 15 is 0 Å². The number of benzene rings is 1. The first kappa shape index (κ1) is 13.4. The summed E-state index contributed by atoms with van der Waals surface area (Å²) in [5.41, 5.74) is 0.563. The van der Waals surface area contributed by atoms with Crippen LogP contribution in [0.4, 0.5) is 0 Å². The summed E-state index contributed by atoms with van der Waals surface area (Å²) >= 11 is 3.30. The molecule has 0 atom stereocenters. The third kappa shape index (κ3) is 3.99. The fraction of sp³-hybridized carbons (Fsp3) is 0.250. The van der Waals surface area contributed by atoms with Crippen molar-refractivity contribution in [1.29, 1.82) is 10.5 Å². The predicted molar refractivity (Wildman–Crippen MR) is 66.1 cm³/mol. The topological polar surface area (TPSA) is 67.9 Å². The normalized spacial score (nSPS) is 9.65. The van der Waals surface area contributed by atoms with Gasteiger partial charge in [-0.2, -0.15) is 10.5 Å². The zero-order valence-corrected chi connectivity index (χ0v) is 10.6. The minimum absolute atomic E-state index is 0.0731. The fourth-order valence-corrected chi connectivity index (χ4v) is 1.85. The maximum Gasteiger partial charge on any atom is 0.178 e. The van der Waals surface area contributed by atoms with Crippen molar-refractivity contribution in [2.24, 2.45) is 0 Å². The van der Waals surface area contributed by atoms with Crippen molar-refractivity contribution in [2.75, 3.05) is 19.6 Å². The summed E-state index contributed by atoms with van der Waals surface area (Å²) < 4.78 is 0.721. The van der Waals surface area contributed by atoms with Crippen molar-refractivity contribution < 1.29 is 4.79 Å². The third-order valence-electron chi connectivity index (χ3n) is 2.13. The van der Waals surface area contributed by atoms with Crippen molar-refractivity contribution in [3.63, 3.8) is 0 Å². The highest BCUT2D eigenvalue weighted by Gasteiger charge is 2.14. The second-order valence-electron chi connectivity index (χ2n) is 3.36.